The van der Waals surface area contributed by atoms with Crippen LogP contribution in [0.3, 0.4) is 0 Å². The molecule has 1 aliphatic heterocycles. The van der Waals surface area contributed by atoms with E-state index >= 15 is 0 Å². The molecular formula is C27H32Cl2N2O4S. The molecule has 4 rings (SSSR count). The summed E-state index contributed by atoms with van der Waals surface area (Å²) in [6.07, 6.45) is 2.86. The van der Waals surface area contributed by atoms with E-state index in [1.807, 2.05) is 42.2 Å². The minimum atomic E-state index is -3.50. The molecule has 0 bridgehead atoms. The second-order valence-electron chi connectivity index (χ2n) is 9.52. The lowest BCUT2D eigenvalue weighted by Gasteiger charge is -2.48. The average molecular weight is 552 g/mol. The number of nitrogens with one attached hydrogen (secondary N) is 1. The van der Waals surface area contributed by atoms with E-state index in [4.69, 9.17) is 27.9 Å². The number of morpholine rings is 1. The van der Waals surface area contributed by atoms with Crippen LogP contribution in [0.4, 0.5) is 0 Å². The molecule has 2 aromatic carbocycles. The molecule has 1 N–H and O–H groups in total. The fourth-order valence-corrected chi connectivity index (χ4v) is 7.03. The van der Waals surface area contributed by atoms with E-state index in [9.17, 15) is 13.2 Å². The second kappa shape index (κ2) is 10.8. The van der Waals surface area contributed by atoms with Gasteiger partial charge in [-0.05, 0) is 68.1 Å². The van der Waals surface area contributed by atoms with E-state index in [0.29, 0.717) is 42.1 Å². The summed E-state index contributed by atoms with van der Waals surface area (Å²) in [5.74, 6) is -0.169. The lowest BCUT2D eigenvalue weighted by atomic mass is 9.88. The maximum absolute atomic E-state index is 14.0. The Morgan fingerprint density at radius 2 is 1.86 bits per heavy atom. The lowest BCUT2D eigenvalue weighted by Crippen LogP contribution is -2.56. The molecule has 0 spiro atoms. The summed E-state index contributed by atoms with van der Waals surface area (Å²) in [6, 6.07) is 14.0. The van der Waals surface area contributed by atoms with Gasteiger partial charge >= 0.3 is 0 Å². The largest absolute Gasteiger partial charge is 0.358 e. The maximum Gasteiger partial charge on any atom is 0.252 e. The first-order valence-electron chi connectivity index (χ1n) is 12.2. The van der Waals surface area contributed by atoms with Gasteiger partial charge in [-0.25, -0.2) is 13.1 Å². The number of sulfonamides is 1. The van der Waals surface area contributed by atoms with Crippen molar-refractivity contribution in [2.75, 3.05) is 7.05 Å². The Balaban J connectivity index is 1.84. The molecule has 4 atom stereocenters. The van der Waals surface area contributed by atoms with Gasteiger partial charge in [0, 0.05) is 22.5 Å². The van der Waals surface area contributed by atoms with Crippen LogP contribution in [0.25, 0.3) is 0 Å². The summed E-state index contributed by atoms with van der Waals surface area (Å²) >= 11 is 12.5. The predicted molar refractivity (Wildman–Crippen MR) is 144 cm³/mol. The number of carbonyl (C=O) groups is 1. The predicted octanol–water partition coefficient (Wildman–Crippen LogP) is 5.83. The molecule has 1 saturated heterocycles. The van der Waals surface area contributed by atoms with Crippen molar-refractivity contribution in [1.29, 1.82) is 0 Å². The molecule has 36 heavy (non-hydrogen) atoms. The van der Waals surface area contributed by atoms with Crippen molar-refractivity contribution in [2.45, 2.75) is 68.1 Å². The molecule has 1 aliphatic carbocycles. The van der Waals surface area contributed by atoms with E-state index in [2.05, 4.69) is 11.3 Å². The molecule has 194 valence electrons. The summed E-state index contributed by atoms with van der Waals surface area (Å²) in [6.45, 7) is 5.81. The van der Waals surface area contributed by atoms with Gasteiger partial charge in [0.25, 0.3) is 5.91 Å². The number of nitrogens with zero attached hydrogens (tertiary/aromatic N) is 1. The molecule has 0 unspecified atom stereocenters. The van der Waals surface area contributed by atoms with E-state index in [1.165, 1.54) is 7.05 Å². The number of halogens is 2. The average Bonchev–Trinajstić information content (AvgIpc) is 3.66. The molecule has 1 heterocycles. The van der Waals surface area contributed by atoms with Crippen LogP contribution in [0.5, 0.6) is 0 Å². The highest BCUT2D eigenvalue weighted by molar-refractivity contribution is 7.91. The van der Waals surface area contributed by atoms with Gasteiger partial charge in [-0.1, -0.05) is 60.5 Å². The van der Waals surface area contributed by atoms with Gasteiger partial charge in [0.2, 0.25) is 10.0 Å². The van der Waals surface area contributed by atoms with Gasteiger partial charge in [0.05, 0.1) is 10.8 Å². The Hall–Kier alpha value is -1.90. The molecule has 1 saturated carbocycles. The number of hydrogen-bond acceptors (Lipinski definition) is 4. The van der Waals surface area contributed by atoms with Crippen LogP contribution in [0.1, 0.15) is 62.3 Å². The van der Waals surface area contributed by atoms with Crippen molar-refractivity contribution in [3.8, 4) is 0 Å². The summed E-state index contributed by atoms with van der Waals surface area (Å²) in [5, 5.41) is 1.15. The van der Waals surface area contributed by atoms with Gasteiger partial charge < -0.3 is 9.64 Å². The number of rotatable bonds is 10. The van der Waals surface area contributed by atoms with Gasteiger partial charge in [0.1, 0.15) is 12.2 Å². The molecule has 0 aromatic heterocycles. The van der Waals surface area contributed by atoms with Crippen molar-refractivity contribution in [3.63, 3.8) is 0 Å². The summed E-state index contributed by atoms with van der Waals surface area (Å²) < 4.78 is 33.9. The number of ether oxygens (including phenoxy) is 1. The first kappa shape index (κ1) is 27.1. The number of amides is 1. The van der Waals surface area contributed by atoms with Crippen LogP contribution in [0, 0.1) is 0 Å². The topological polar surface area (TPSA) is 75.7 Å². The summed E-state index contributed by atoms with van der Waals surface area (Å²) in [4.78, 5) is 15.8. The third-order valence-electron chi connectivity index (χ3n) is 7.32. The van der Waals surface area contributed by atoms with Gasteiger partial charge in [-0.15, -0.1) is 6.58 Å². The smallest absolute Gasteiger partial charge is 0.252 e. The van der Waals surface area contributed by atoms with Gasteiger partial charge in [-0.2, -0.15) is 0 Å². The Kier molecular flexibility index (Phi) is 8.17. The minimum absolute atomic E-state index is 0.169. The zero-order valence-electron chi connectivity index (χ0n) is 20.5. The van der Waals surface area contributed by atoms with Crippen molar-refractivity contribution in [1.82, 2.24) is 9.62 Å². The normalized spacial score (nSPS) is 24.4. The Bertz CT molecular complexity index is 1210. The van der Waals surface area contributed by atoms with Crippen LogP contribution in [0.15, 0.2) is 61.2 Å². The Labute approximate surface area is 223 Å². The van der Waals surface area contributed by atoms with E-state index < -0.39 is 33.0 Å². The van der Waals surface area contributed by atoms with Crippen molar-refractivity contribution < 1.29 is 17.9 Å². The molecular weight excluding hydrogens is 519 g/mol. The van der Waals surface area contributed by atoms with Gasteiger partial charge in [0.15, 0.2) is 0 Å². The number of hydrogen-bond donors (Lipinski definition) is 1. The maximum atomic E-state index is 14.0. The molecule has 9 heteroatoms. The summed E-state index contributed by atoms with van der Waals surface area (Å²) in [5.41, 5.74) is 1.70. The molecule has 1 amide bonds. The van der Waals surface area contributed by atoms with Gasteiger partial charge in [-0.3, -0.25) is 4.79 Å². The van der Waals surface area contributed by atoms with E-state index in [0.717, 1.165) is 11.1 Å². The standard InChI is InChI=1S/C27H32Cl2N2O4S/c1-4-7-23-26(32)31(22(5-2)17-27(14-15-27)36(33,34)30-3)24(18-10-12-20(28)13-11-18)25(35-23)19-8-6-9-21(29)16-19/h4,6,8-13,16,22-25,30H,1,5,7,14-15,17H2,2-3H3/t22-,23+,24+,25+/m0/s1. The lowest BCUT2D eigenvalue weighted by molar-refractivity contribution is -0.179. The first-order chi connectivity index (χ1) is 17.2. The summed E-state index contributed by atoms with van der Waals surface area (Å²) in [7, 11) is -2.05. The third-order valence-corrected chi connectivity index (χ3v) is 10.1. The molecule has 2 aromatic rings. The van der Waals surface area contributed by atoms with Crippen molar-refractivity contribution in [3.05, 3.63) is 82.4 Å². The van der Waals surface area contributed by atoms with Crippen LogP contribution in [-0.2, 0) is 19.6 Å². The highest BCUT2D eigenvalue weighted by Crippen LogP contribution is 2.51. The molecule has 0 radical (unpaired) electrons. The van der Waals surface area contributed by atoms with Crippen LogP contribution in [-0.4, -0.2) is 43.2 Å². The Morgan fingerprint density at radius 3 is 2.42 bits per heavy atom. The quantitative estimate of drug-likeness (QED) is 0.377. The molecule has 2 fully saturated rings. The van der Waals surface area contributed by atoms with Crippen LogP contribution >= 0.6 is 23.2 Å². The molecule has 6 nitrogen and oxygen atoms in total. The SMILES string of the molecule is C=CC[C@H]1O[C@H](c2cccc(Cl)c2)[C@@H](c2ccc(Cl)cc2)N([C@@H](CC)CC2(S(=O)(=O)NC)CC2)C1=O. The first-order valence-corrected chi connectivity index (χ1v) is 14.4. The zero-order chi connectivity index (χ0) is 26.1. The Morgan fingerprint density at radius 1 is 1.17 bits per heavy atom. The number of carbonyl (C=O) groups excluding carboxylic acids is 1. The van der Waals surface area contributed by atoms with E-state index in [-0.39, 0.29) is 11.9 Å². The third kappa shape index (κ3) is 5.22. The zero-order valence-corrected chi connectivity index (χ0v) is 22.8. The van der Waals surface area contributed by atoms with Crippen LogP contribution in [0.2, 0.25) is 10.0 Å². The van der Waals surface area contributed by atoms with Crippen molar-refractivity contribution in [2.24, 2.45) is 0 Å². The monoisotopic (exact) mass is 550 g/mol. The fraction of sp³-hybridized carbons (Fsp3) is 0.444. The van der Waals surface area contributed by atoms with E-state index in [1.54, 1.807) is 24.3 Å². The highest BCUT2D eigenvalue weighted by atomic mass is 35.5. The fourth-order valence-electron chi connectivity index (χ4n) is 5.22. The molecule has 2 aliphatic rings. The second-order valence-corrected chi connectivity index (χ2v) is 12.7. The minimum Gasteiger partial charge on any atom is -0.358 e. The van der Waals surface area contributed by atoms with Crippen LogP contribution < -0.4 is 4.72 Å². The number of benzene rings is 2. The van der Waals surface area contributed by atoms with Crippen molar-refractivity contribution >= 4 is 39.1 Å². The highest BCUT2D eigenvalue weighted by Gasteiger charge is 2.57.